The number of rotatable bonds is 3. The van der Waals surface area contributed by atoms with Gasteiger partial charge in [0, 0.05) is 18.0 Å². The molecule has 0 aliphatic carbocycles. The number of carbonyl (C=O) groups is 1. The molecular weight excluding hydrogens is 310 g/mol. The summed E-state index contributed by atoms with van der Waals surface area (Å²) in [7, 11) is 0. The minimum Gasteiger partial charge on any atom is -0.450 e. The molecule has 4 atom stereocenters. The van der Waals surface area contributed by atoms with Crippen LogP contribution in [0.25, 0.3) is 0 Å². The Morgan fingerprint density at radius 1 is 1.00 bits per heavy atom. The molecule has 1 amide bonds. The zero-order valence-electron chi connectivity index (χ0n) is 14.7. The van der Waals surface area contributed by atoms with Crippen LogP contribution < -0.4 is 0 Å². The maximum absolute atomic E-state index is 12.6. The summed E-state index contributed by atoms with van der Waals surface area (Å²) < 4.78 is 5.37. The van der Waals surface area contributed by atoms with Crippen LogP contribution in [0.15, 0.2) is 60.7 Å². The van der Waals surface area contributed by atoms with Crippen molar-refractivity contribution in [1.29, 1.82) is 0 Å². The number of fused-ring (bicyclic) bond motifs is 2. The first-order chi connectivity index (χ1) is 12.3. The molecule has 4 rings (SSSR count). The summed E-state index contributed by atoms with van der Waals surface area (Å²) in [6, 6.07) is 22.0. The van der Waals surface area contributed by atoms with Crippen LogP contribution in [0.2, 0.25) is 0 Å². The predicted octanol–water partition coefficient (Wildman–Crippen LogP) is 4.95. The second kappa shape index (κ2) is 6.91. The molecule has 3 nitrogen and oxygen atoms in total. The standard InChI is InChI=1S/C22H25NO2/c1-2-25-22(24)23-18-13-14-20(23)21(17-11-7-4-8-12-17)19(15-18)16-9-5-3-6-10-16/h3-12,18-21H,2,13-15H2,1H3/t18-,19+,20+,21-/m0/s1. The highest BCUT2D eigenvalue weighted by Gasteiger charge is 2.50. The van der Waals surface area contributed by atoms with Gasteiger partial charge in [-0.05, 0) is 43.2 Å². The molecule has 2 aromatic rings. The van der Waals surface area contributed by atoms with Crippen LogP contribution in [0.4, 0.5) is 4.79 Å². The van der Waals surface area contributed by atoms with E-state index in [4.69, 9.17) is 4.74 Å². The van der Waals surface area contributed by atoms with Crippen LogP contribution in [0.1, 0.15) is 49.1 Å². The van der Waals surface area contributed by atoms with E-state index in [0.29, 0.717) is 24.5 Å². The Kier molecular flexibility index (Phi) is 4.48. The summed E-state index contributed by atoms with van der Waals surface area (Å²) in [4.78, 5) is 14.6. The zero-order valence-corrected chi connectivity index (χ0v) is 14.7. The van der Waals surface area contributed by atoms with E-state index < -0.39 is 0 Å². The van der Waals surface area contributed by atoms with Crippen LogP contribution in [-0.2, 0) is 4.74 Å². The van der Waals surface area contributed by atoms with Gasteiger partial charge in [-0.1, -0.05) is 60.7 Å². The number of hydrogen-bond acceptors (Lipinski definition) is 2. The first-order valence-electron chi connectivity index (χ1n) is 9.34. The van der Waals surface area contributed by atoms with E-state index in [1.54, 1.807) is 0 Å². The van der Waals surface area contributed by atoms with Gasteiger partial charge in [0.2, 0.25) is 0 Å². The fraction of sp³-hybridized carbons (Fsp3) is 0.409. The summed E-state index contributed by atoms with van der Waals surface area (Å²) in [6.07, 6.45) is 3.02. The van der Waals surface area contributed by atoms with Crippen molar-refractivity contribution in [3.8, 4) is 0 Å². The first kappa shape index (κ1) is 16.2. The highest BCUT2D eigenvalue weighted by atomic mass is 16.6. The lowest BCUT2D eigenvalue weighted by Crippen LogP contribution is -2.50. The first-order valence-corrected chi connectivity index (χ1v) is 9.34. The van der Waals surface area contributed by atoms with Crippen molar-refractivity contribution < 1.29 is 9.53 Å². The molecule has 2 bridgehead atoms. The third-order valence-electron chi connectivity index (χ3n) is 5.81. The lowest BCUT2D eigenvalue weighted by molar-refractivity contribution is 0.0609. The normalized spacial score (nSPS) is 28.0. The Bertz CT molecular complexity index is 715. The van der Waals surface area contributed by atoms with E-state index in [0.717, 1.165) is 19.3 Å². The van der Waals surface area contributed by atoms with Gasteiger partial charge in [0.25, 0.3) is 0 Å². The Balaban J connectivity index is 1.74. The smallest absolute Gasteiger partial charge is 0.410 e. The van der Waals surface area contributed by atoms with Gasteiger partial charge in [0.1, 0.15) is 0 Å². The Morgan fingerprint density at radius 3 is 2.28 bits per heavy atom. The fourth-order valence-corrected chi connectivity index (χ4v) is 4.86. The monoisotopic (exact) mass is 335 g/mol. The molecule has 2 saturated heterocycles. The lowest BCUT2D eigenvalue weighted by atomic mass is 9.73. The Morgan fingerprint density at radius 2 is 1.64 bits per heavy atom. The molecule has 2 heterocycles. The summed E-state index contributed by atoms with van der Waals surface area (Å²) in [5, 5.41) is 0. The van der Waals surface area contributed by atoms with Crippen molar-refractivity contribution >= 4 is 6.09 Å². The highest BCUT2D eigenvalue weighted by Crippen LogP contribution is 2.51. The molecule has 2 aromatic carbocycles. The van der Waals surface area contributed by atoms with Crippen molar-refractivity contribution in [2.75, 3.05) is 6.61 Å². The van der Waals surface area contributed by atoms with Crippen molar-refractivity contribution in [2.24, 2.45) is 0 Å². The molecule has 2 fully saturated rings. The van der Waals surface area contributed by atoms with Crippen molar-refractivity contribution in [3.05, 3.63) is 71.8 Å². The highest BCUT2D eigenvalue weighted by molar-refractivity contribution is 5.69. The van der Waals surface area contributed by atoms with E-state index in [-0.39, 0.29) is 12.1 Å². The van der Waals surface area contributed by atoms with E-state index >= 15 is 0 Å². The molecule has 0 aromatic heterocycles. The van der Waals surface area contributed by atoms with Gasteiger partial charge in [-0.15, -0.1) is 0 Å². The summed E-state index contributed by atoms with van der Waals surface area (Å²) in [5.74, 6) is 0.776. The third-order valence-corrected chi connectivity index (χ3v) is 5.81. The minimum atomic E-state index is -0.137. The molecule has 0 N–H and O–H groups in total. The van der Waals surface area contributed by atoms with Crippen LogP contribution in [-0.4, -0.2) is 29.7 Å². The van der Waals surface area contributed by atoms with Crippen LogP contribution in [0, 0.1) is 0 Å². The summed E-state index contributed by atoms with van der Waals surface area (Å²) >= 11 is 0. The molecule has 0 unspecified atom stereocenters. The minimum absolute atomic E-state index is 0.137. The van der Waals surface area contributed by atoms with Gasteiger partial charge in [0.05, 0.1) is 6.61 Å². The van der Waals surface area contributed by atoms with E-state index in [1.165, 1.54) is 11.1 Å². The van der Waals surface area contributed by atoms with Crippen LogP contribution in [0.5, 0.6) is 0 Å². The molecule has 0 saturated carbocycles. The number of hydrogen-bond donors (Lipinski definition) is 0. The topological polar surface area (TPSA) is 29.5 Å². The third kappa shape index (κ3) is 2.92. The number of benzene rings is 2. The van der Waals surface area contributed by atoms with Gasteiger partial charge in [-0.25, -0.2) is 4.79 Å². The van der Waals surface area contributed by atoms with Crippen molar-refractivity contribution in [1.82, 2.24) is 4.90 Å². The molecular formula is C22H25NO2. The Hall–Kier alpha value is -2.29. The average Bonchev–Trinajstić information content (AvgIpc) is 2.97. The molecule has 25 heavy (non-hydrogen) atoms. The summed E-state index contributed by atoms with van der Waals surface area (Å²) in [5.41, 5.74) is 2.72. The maximum Gasteiger partial charge on any atom is 0.410 e. The van der Waals surface area contributed by atoms with E-state index in [2.05, 4.69) is 60.7 Å². The van der Waals surface area contributed by atoms with Gasteiger partial charge >= 0.3 is 6.09 Å². The average molecular weight is 335 g/mol. The van der Waals surface area contributed by atoms with Gasteiger partial charge in [-0.2, -0.15) is 0 Å². The molecule has 0 radical (unpaired) electrons. The molecule has 3 heteroatoms. The van der Waals surface area contributed by atoms with Crippen LogP contribution in [0.3, 0.4) is 0 Å². The molecule has 130 valence electrons. The van der Waals surface area contributed by atoms with Crippen molar-refractivity contribution in [3.63, 3.8) is 0 Å². The fourth-order valence-electron chi connectivity index (χ4n) is 4.86. The number of amides is 1. The lowest BCUT2D eigenvalue weighted by Gasteiger charge is -2.44. The maximum atomic E-state index is 12.6. The second-order valence-electron chi connectivity index (χ2n) is 7.09. The van der Waals surface area contributed by atoms with Gasteiger partial charge < -0.3 is 9.64 Å². The van der Waals surface area contributed by atoms with Crippen LogP contribution >= 0.6 is 0 Å². The van der Waals surface area contributed by atoms with Crippen molar-refractivity contribution in [2.45, 2.75) is 50.1 Å². The quantitative estimate of drug-likeness (QED) is 0.794. The van der Waals surface area contributed by atoms with Gasteiger partial charge in [0.15, 0.2) is 0 Å². The Labute approximate surface area is 149 Å². The van der Waals surface area contributed by atoms with E-state index in [1.807, 2.05) is 11.8 Å². The largest absolute Gasteiger partial charge is 0.450 e. The predicted molar refractivity (Wildman–Crippen MR) is 98.7 cm³/mol. The SMILES string of the molecule is CCOC(=O)N1[C@H]2CC[C@@H]1[C@@H](c1ccccc1)[C@@H](c1ccccc1)C2. The second-order valence-corrected chi connectivity index (χ2v) is 7.09. The number of piperidine rings is 1. The number of carbonyl (C=O) groups excluding carboxylic acids is 1. The number of nitrogens with zero attached hydrogens (tertiary/aromatic N) is 1. The molecule has 2 aliphatic rings. The number of ether oxygens (including phenoxy) is 1. The zero-order chi connectivity index (χ0) is 17.2. The summed E-state index contributed by atoms with van der Waals surface area (Å²) in [6.45, 7) is 2.32. The molecule has 0 spiro atoms. The molecule has 2 aliphatic heterocycles. The van der Waals surface area contributed by atoms with Gasteiger partial charge in [-0.3, -0.25) is 0 Å². The van der Waals surface area contributed by atoms with E-state index in [9.17, 15) is 4.79 Å².